The number of aromatic nitrogens is 1. The van der Waals surface area contributed by atoms with Crippen LogP contribution in [0.1, 0.15) is 19.0 Å². The van der Waals surface area contributed by atoms with E-state index in [9.17, 15) is 4.79 Å². The van der Waals surface area contributed by atoms with Crippen LogP contribution in [0.2, 0.25) is 0 Å². The average molecular weight is 317 g/mol. The predicted octanol–water partition coefficient (Wildman–Crippen LogP) is 1.60. The summed E-state index contributed by atoms with van der Waals surface area (Å²) in [5, 5.41) is 7.83. The maximum absolute atomic E-state index is 12.1. The van der Waals surface area contributed by atoms with Crippen LogP contribution in [-0.4, -0.2) is 54.9 Å². The summed E-state index contributed by atoms with van der Waals surface area (Å²) < 4.78 is 11.0. The Morgan fingerprint density at radius 1 is 1.43 bits per heavy atom. The second-order valence-electron chi connectivity index (χ2n) is 5.83. The van der Waals surface area contributed by atoms with Gasteiger partial charge >= 0.3 is 0 Å². The Morgan fingerprint density at radius 3 is 3.17 bits per heavy atom. The van der Waals surface area contributed by atoms with Crippen molar-refractivity contribution in [1.29, 1.82) is 0 Å². The summed E-state index contributed by atoms with van der Waals surface area (Å²) in [6.45, 7) is 6.55. The molecule has 6 nitrogen and oxygen atoms in total. The average Bonchev–Trinajstić information content (AvgIpc) is 2.98. The largest absolute Gasteiger partial charge is 0.375 e. The van der Waals surface area contributed by atoms with E-state index in [2.05, 4.69) is 22.3 Å². The Kier molecular flexibility index (Phi) is 5.25. The van der Waals surface area contributed by atoms with Crippen LogP contribution in [0.3, 0.4) is 0 Å². The lowest BCUT2D eigenvalue weighted by molar-refractivity contribution is -0.120. The molecule has 1 unspecified atom stereocenters. The molecule has 6 heteroatoms. The number of nitrogens with one attached hydrogen (secondary N) is 1. The van der Waals surface area contributed by atoms with Crippen molar-refractivity contribution < 1.29 is 14.1 Å². The van der Waals surface area contributed by atoms with Gasteiger partial charge in [-0.1, -0.05) is 24.2 Å². The summed E-state index contributed by atoms with van der Waals surface area (Å²) in [6, 6.07) is 7.58. The quantitative estimate of drug-likeness (QED) is 0.876. The van der Waals surface area contributed by atoms with Gasteiger partial charge in [-0.05, 0) is 25.1 Å². The molecule has 124 valence electrons. The lowest BCUT2D eigenvalue weighted by Gasteiger charge is -2.32. The summed E-state index contributed by atoms with van der Waals surface area (Å²) in [4.78, 5) is 14.4. The van der Waals surface area contributed by atoms with Gasteiger partial charge in [0, 0.05) is 25.0 Å². The third-order valence-corrected chi connectivity index (χ3v) is 4.24. The van der Waals surface area contributed by atoms with Gasteiger partial charge in [0.25, 0.3) is 0 Å². The minimum Gasteiger partial charge on any atom is -0.375 e. The van der Waals surface area contributed by atoms with Crippen LogP contribution >= 0.6 is 0 Å². The number of carbonyl (C=O) groups is 1. The molecule has 2 aromatic rings. The predicted molar refractivity (Wildman–Crippen MR) is 87.2 cm³/mol. The number of rotatable bonds is 6. The monoisotopic (exact) mass is 317 g/mol. The van der Waals surface area contributed by atoms with Gasteiger partial charge in [-0.25, -0.2) is 0 Å². The van der Waals surface area contributed by atoms with Gasteiger partial charge < -0.3 is 14.6 Å². The summed E-state index contributed by atoms with van der Waals surface area (Å²) in [7, 11) is 0. The zero-order valence-electron chi connectivity index (χ0n) is 13.5. The summed E-state index contributed by atoms with van der Waals surface area (Å²) >= 11 is 0. The number of fused-ring (bicyclic) bond motifs is 1. The zero-order chi connectivity index (χ0) is 16.1. The standard InChI is InChI=1S/C17H23N3O3/c1-2-20-9-10-22-13(12-20)7-8-18-17(21)11-15-14-5-3-4-6-16(14)23-19-15/h3-6,13H,2,7-12H2,1H3,(H,18,21). The smallest absolute Gasteiger partial charge is 0.226 e. The van der Waals surface area contributed by atoms with Gasteiger partial charge in [0.15, 0.2) is 5.58 Å². The first-order chi connectivity index (χ1) is 11.3. The number of benzene rings is 1. The molecule has 1 aromatic carbocycles. The molecule has 1 N–H and O–H groups in total. The lowest BCUT2D eigenvalue weighted by atomic mass is 10.1. The molecule has 1 atom stereocenters. The summed E-state index contributed by atoms with van der Waals surface area (Å²) in [6.07, 6.45) is 1.28. The molecule has 0 saturated carbocycles. The molecule has 23 heavy (non-hydrogen) atoms. The number of likely N-dealkylation sites (N-methyl/N-ethyl adjacent to an activating group) is 1. The Balaban J connectivity index is 1.45. The van der Waals surface area contributed by atoms with Gasteiger partial charge in [-0.3, -0.25) is 9.69 Å². The van der Waals surface area contributed by atoms with Crippen LogP contribution in [-0.2, 0) is 16.0 Å². The van der Waals surface area contributed by atoms with Crippen molar-refractivity contribution in [3.63, 3.8) is 0 Å². The van der Waals surface area contributed by atoms with Crippen LogP contribution in [0, 0.1) is 0 Å². The Labute approximate surface area is 135 Å². The number of morpholine rings is 1. The van der Waals surface area contributed by atoms with Gasteiger partial charge in [0.05, 0.1) is 19.1 Å². The van der Waals surface area contributed by atoms with E-state index in [0.29, 0.717) is 17.8 Å². The molecule has 3 rings (SSSR count). The van der Waals surface area contributed by atoms with E-state index < -0.39 is 0 Å². The molecular weight excluding hydrogens is 294 g/mol. The van der Waals surface area contributed by atoms with Gasteiger partial charge in [0.1, 0.15) is 5.69 Å². The third-order valence-electron chi connectivity index (χ3n) is 4.24. The first kappa shape index (κ1) is 16.0. The fraction of sp³-hybridized carbons (Fsp3) is 0.529. The molecule has 0 bridgehead atoms. The first-order valence-electron chi connectivity index (χ1n) is 8.20. The molecule has 1 aliphatic heterocycles. The number of para-hydroxylation sites is 1. The molecule has 0 spiro atoms. The zero-order valence-corrected chi connectivity index (χ0v) is 13.5. The fourth-order valence-electron chi connectivity index (χ4n) is 2.90. The number of amides is 1. The van der Waals surface area contributed by atoms with Gasteiger partial charge in [-0.2, -0.15) is 0 Å². The van der Waals surface area contributed by atoms with E-state index in [-0.39, 0.29) is 18.4 Å². The second-order valence-corrected chi connectivity index (χ2v) is 5.83. The van der Waals surface area contributed by atoms with Crippen LogP contribution < -0.4 is 5.32 Å². The van der Waals surface area contributed by atoms with Crippen molar-refractivity contribution in [2.45, 2.75) is 25.9 Å². The fourth-order valence-corrected chi connectivity index (χ4v) is 2.90. The highest BCUT2D eigenvalue weighted by Crippen LogP contribution is 2.18. The number of ether oxygens (including phenoxy) is 1. The topological polar surface area (TPSA) is 67.6 Å². The van der Waals surface area contributed by atoms with Crippen LogP contribution in [0.25, 0.3) is 11.0 Å². The number of nitrogens with zero attached hydrogens (tertiary/aromatic N) is 2. The summed E-state index contributed by atoms with van der Waals surface area (Å²) in [5.74, 6) is -0.0350. The van der Waals surface area contributed by atoms with Crippen molar-refractivity contribution in [1.82, 2.24) is 15.4 Å². The molecule has 1 aromatic heterocycles. The third kappa shape index (κ3) is 4.09. The van der Waals surface area contributed by atoms with Crippen molar-refractivity contribution in [3.05, 3.63) is 30.0 Å². The van der Waals surface area contributed by atoms with Gasteiger partial charge in [0.2, 0.25) is 5.91 Å². The molecular formula is C17H23N3O3. The molecule has 0 radical (unpaired) electrons. The van der Waals surface area contributed by atoms with Crippen molar-refractivity contribution in [2.24, 2.45) is 0 Å². The molecule has 1 amide bonds. The van der Waals surface area contributed by atoms with E-state index in [1.54, 1.807) is 0 Å². The van der Waals surface area contributed by atoms with Crippen LogP contribution in [0.4, 0.5) is 0 Å². The molecule has 0 aliphatic carbocycles. The minimum atomic E-state index is -0.0350. The second kappa shape index (κ2) is 7.57. The lowest BCUT2D eigenvalue weighted by Crippen LogP contribution is -2.43. The van der Waals surface area contributed by atoms with Crippen LogP contribution in [0.15, 0.2) is 28.8 Å². The van der Waals surface area contributed by atoms with E-state index in [4.69, 9.17) is 9.26 Å². The number of hydrogen-bond donors (Lipinski definition) is 1. The van der Waals surface area contributed by atoms with Crippen molar-refractivity contribution >= 4 is 16.9 Å². The molecule has 1 fully saturated rings. The SMILES string of the molecule is CCN1CCOC(CCNC(=O)Cc2noc3ccccc23)C1. The van der Waals surface area contributed by atoms with Gasteiger partial charge in [-0.15, -0.1) is 0 Å². The Bertz CT molecular complexity index is 655. The van der Waals surface area contributed by atoms with E-state index >= 15 is 0 Å². The van der Waals surface area contributed by atoms with E-state index in [0.717, 1.165) is 38.0 Å². The highest BCUT2D eigenvalue weighted by Gasteiger charge is 2.19. The highest BCUT2D eigenvalue weighted by atomic mass is 16.5. The number of carbonyl (C=O) groups excluding carboxylic acids is 1. The van der Waals surface area contributed by atoms with Crippen molar-refractivity contribution in [2.75, 3.05) is 32.8 Å². The molecule has 2 heterocycles. The van der Waals surface area contributed by atoms with Crippen LogP contribution in [0.5, 0.6) is 0 Å². The minimum absolute atomic E-state index is 0.0350. The maximum Gasteiger partial charge on any atom is 0.226 e. The normalized spacial score (nSPS) is 19.1. The van der Waals surface area contributed by atoms with Crippen molar-refractivity contribution in [3.8, 4) is 0 Å². The van der Waals surface area contributed by atoms with E-state index in [1.807, 2.05) is 24.3 Å². The Hall–Kier alpha value is -1.92. The Morgan fingerprint density at radius 2 is 2.30 bits per heavy atom. The summed E-state index contributed by atoms with van der Waals surface area (Å²) in [5.41, 5.74) is 1.40. The highest BCUT2D eigenvalue weighted by molar-refractivity contribution is 5.86. The maximum atomic E-state index is 12.1. The first-order valence-corrected chi connectivity index (χ1v) is 8.20. The molecule has 1 saturated heterocycles. The number of hydrogen-bond acceptors (Lipinski definition) is 5. The van der Waals surface area contributed by atoms with E-state index in [1.165, 1.54) is 0 Å². The molecule has 1 aliphatic rings.